The normalized spacial score (nSPS) is 15.5. The van der Waals surface area contributed by atoms with E-state index in [2.05, 4.69) is 9.88 Å². The van der Waals surface area contributed by atoms with Crippen LogP contribution in [0.5, 0.6) is 5.75 Å². The molecule has 1 fully saturated rings. The molecule has 0 saturated carbocycles. The molecule has 2 aromatic rings. The Morgan fingerprint density at radius 1 is 0.917 bits per heavy atom. The Bertz CT molecular complexity index is 697. The number of piperazine rings is 1. The van der Waals surface area contributed by atoms with Gasteiger partial charge in [-0.05, 0) is 24.3 Å². The number of benzene rings is 1. The van der Waals surface area contributed by atoms with Gasteiger partial charge in [-0.25, -0.2) is 4.98 Å². The Morgan fingerprint density at radius 2 is 1.58 bits per heavy atom. The summed E-state index contributed by atoms with van der Waals surface area (Å²) in [7, 11) is 1.63. The molecule has 1 aliphatic heterocycles. The topological polar surface area (TPSA) is 28.6 Å². The van der Waals surface area contributed by atoms with E-state index in [4.69, 9.17) is 4.74 Å². The first kappa shape index (κ1) is 16.4. The Labute approximate surface area is 138 Å². The average Bonchev–Trinajstić information content (AvgIpc) is 2.61. The Hall–Kier alpha value is -2.44. The van der Waals surface area contributed by atoms with Crippen molar-refractivity contribution in [3.05, 3.63) is 48.2 Å². The second-order valence-electron chi connectivity index (χ2n) is 5.52. The number of halogens is 3. The maximum atomic E-state index is 12.8. The highest BCUT2D eigenvalue weighted by Gasteiger charge is 2.33. The van der Waals surface area contributed by atoms with E-state index in [1.807, 2.05) is 29.2 Å². The summed E-state index contributed by atoms with van der Waals surface area (Å²) in [5.41, 5.74) is 0.142. The van der Waals surface area contributed by atoms with Gasteiger partial charge < -0.3 is 14.5 Å². The number of methoxy groups -OCH3 is 1. The molecule has 0 radical (unpaired) electrons. The molecular formula is C17H18F3N3O. The van der Waals surface area contributed by atoms with E-state index >= 15 is 0 Å². The minimum atomic E-state index is -4.42. The number of para-hydroxylation sites is 2. The SMILES string of the molecule is COc1ccccc1N1CCN(c2cccc(C(F)(F)F)n2)CC1. The van der Waals surface area contributed by atoms with Gasteiger partial charge in [0.25, 0.3) is 0 Å². The monoisotopic (exact) mass is 337 g/mol. The number of pyridine rings is 1. The largest absolute Gasteiger partial charge is 0.495 e. The standard InChI is InChI=1S/C17H18F3N3O/c1-24-14-6-3-2-5-13(14)22-9-11-23(12-10-22)16-8-4-7-15(21-16)17(18,19)20/h2-8H,9-12H2,1H3. The number of hydrogen-bond acceptors (Lipinski definition) is 4. The van der Waals surface area contributed by atoms with Crippen LogP contribution in [0, 0.1) is 0 Å². The number of rotatable bonds is 3. The van der Waals surface area contributed by atoms with E-state index < -0.39 is 11.9 Å². The van der Waals surface area contributed by atoms with Crippen LogP contribution < -0.4 is 14.5 Å². The fourth-order valence-corrected chi connectivity index (χ4v) is 2.82. The maximum Gasteiger partial charge on any atom is 0.433 e. The second kappa shape index (κ2) is 6.59. The van der Waals surface area contributed by atoms with Gasteiger partial charge in [0.2, 0.25) is 0 Å². The van der Waals surface area contributed by atoms with Crippen molar-refractivity contribution >= 4 is 11.5 Å². The smallest absolute Gasteiger partial charge is 0.433 e. The molecule has 0 bridgehead atoms. The third-order valence-corrected chi connectivity index (χ3v) is 4.05. The van der Waals surface area contributed by atoms with Crippen LogP contribution in [0.3, 0.4) is 0 Å². The molecule has 4 nitrogen and oxygen atoms in total. The third-order valence-electron chi connectivity index (χ3n) is 4.05. The van der Waals surface area contributed by atoms with Gasteiger partial charge in [-0.3, -0.25) is 0 Å². The molecule has 0 N–H and O–H groups in total. The van der Waals surface area contributed by atoms with Gasteiger partial charge >= 0.3 is 6.18 Å². The highest BCUT2D eigenvalue weighted by Crippen LogP contribution is 2.31. The van der Waals surface area contributed by atoms with Crippen molar-refractivity contribution in [3.63, 3.8) is 0 Å². The highest BCUT2D eigenvalue weighted by molar-refractivity contribution is 5.59. The van der Waals surface area contributed by atoms with Crippen molar-refractivity contribution in [1.29, 1.82) is 0 Å². The number of aromatic nitrogens is 1. The van der Waals surface area contributed by atoms with Crippen LogP contribution in [0.2, 0.25) is 0 Å². The minimum absolute atomic E-state index is 0.365. The predicted octanol–water partition coefficient (Wildman–Crippen LogP) is 3.44. The van der Waals surface area contributed by atoms with Gasteiger partial charge in [-0.15, -0.1) is 0 Å². The van der Waals surface area contributed by atoms with E-state index in [1.165, 1.54) is 6.07 Å². The fourth-order valence-electron chi connectivity index (χ4n) is 2.82. The molecule has 1 aliphatic rings. The summed E-state index contributed by atoms with van der Waals surface area (Å²) in [6.07, 6.45) is -4.42. The molecule has 0 atom stereocenters. The molecule has 0 amide bonds. The molecule has 0 aliphatic carbocycles. The summed E-state index contributed by atoms with van der Waals surface area (Å²) in [4.78, 5) is 7.80. The Balaban J connectivity index is 1.71. The molecule has 1 aromatic heterocycles. The van der Waals surface area contributed by atoms with E-state index in [-0.39, 0.29) is 0 Å². The first-order valence-corrected chi connectivity index (χ1v) is 7.66. The van der Waals surface area contributed by atoms with Crippen LogP contribution in [0.25, 0.3) is 0 Å². The summed E-state index contributed by atoms with van der Waals surface area (Å²) in [5.74, 6) is 1.16. The van der Waals surface area contributed by atoms with E-state index in [0.717, 1.165) is 17.5 Å². The molecule has 24 heavy (non-hydrogen) atoms. The first-order chi connectivity index (χ1) is 11.5. The molecule has 2 heterocycles. The van der Waals surface area contributed by atoms with Crippen LogP contribution in [0.15, 0.2) is 42.5 Å². The van der Waals surface area contributed by atoms with Crippen molar-refractivity contribution in [2.45, 2.75) is 6.18 Å². The number of alkyl halides is 3. The average molecular weight is 337 g/mol. The van der Waals surface area contributed by atoms with E-state index in [1.54, 1.807) is 13.2 Å². The maximum absolute atomic E-state index is 12.8. The lowest BCUT2D eigenvalue weighted by Gasteiger charge is -2.37. The van der Waals surface area contributed by atoms with Crippen LogP contribution in [-0.2, 0) is 6.18 Å². The molecule has 1 saturated heterocycles. The minimum Gasteiger partial charge on any atom is -0.495 e. The molecule has 0 spiro atoms. The second-order valence-corrected chi connectivity index (χ2v) is 5.52. The van der Waals surface area contributed by atoms with Crippen molar-refractivity contribution < 1.29 is 17.9 Å². The summed E-state index contributed by atoms with van der Waals surface area (Å²) in [6.45, 7) is 2.59. The lowest BCUT2D eigenvalue weighted by molar-refractivity contribution is -0.141. The molecule has 128 valence electrons. The summed E-state index contributed by atoms with van der Waals surface area (Å²) in [6, 6.07) is 11.7. The quantitative estimate of drug-likeness (QED) is 0.858. The number of anilines is 2. The van der Waals surface area contributed by atoms with E-state index in [0.29, 0.717) is 32.0 Å². The van der Waals surface area contributed by atoms with Gasteiger partial charge in [0.15, 0.2) is 0 Å². The Kier molecular flexibility index (Phi) is 4.51. The zero-order valence-corrected chi connectivity index (χ0v) is 13.3. The van der Waals surface area contributed by atoms with Gasteiger partial charge in [-0.2, -0.15) is 13.2 Å². The first-order valence-electron chi connectivity index (χ1n) is 7.66. The van der Waals surface area contributed by atoms with Crippen molar-refractivity contribution in [2.75, 3.05) is 43.1 Å². The zero-order chi connectivity index (χ0) is 17.2. The molecular weight excluding hydrogens is 319 g/mol. The third kappa shape index (κ3) is 3.39. The summed E-state index contributed by atoms with van der Waals surface area (Å²) in [5, 5.41) is 0. The van der Waals surface area contributed by atoms with Crippen molar-refractivity contribution in [3.8, 4) is 5.75 Å². The lowest BCUT2D eigenvalue weighted by atomic mass is 10.2. The molecule has 7 heteroatoms. The van der Waals surface area contributed by atoms with E-state index in [9.17, 15) is 13.2 Å². The predicted molar refractivity (Wildman–Crippen MR) is 86.7 cm³/mol. The molecule has 0 unspecified atom stereocenters. The highest BCUT2D eigenvalue weighted by atomic mass is 19.4. The van der Waals surface area contributed by atoms with Crippen LogP contribution in [0.4, 0.5) is 24.7 Å². The van der Waals surface area contributed by atoms with Gasteiger partial charge in [-0.1, -0.05) is 18.2 Å². The zero-order valence-electron chi connectivity index (χ0n) is 13.3. The lowest BCUT2D eigenvalue weighted by Crippen LogP contribution is -2.47. The van der Waals surface area contributed by atoms with Gasteiger partial charge in [0, 0.05) is 26.2 Å². The number of ether oxygens (including phenoxy) is 1. The summed E-state index contributed by atoms with van der Waals surface area (Å²) >= 11 is 0. The van der Waals surface area contributed by atoms with Crippen LogP contribution in [0.1, 0.15) is 5.69 Å². The van der Waals surface area contributed by atoms with Crippen LogP contribution in [-0.4, -0.2) is 38.3 Å². The molecule has 1 aromatic carbocycles. The van der Waals surface area contributed by atoms with Crippen molar-refractivity contribution in [1.82, 2.24) is 4.98 Å². The van der Waals surface area contributed by atoms with Gasteiger partial charge in [0.1, 0.15) is 17.3 Å². The van der Waals surface area contributed by atoms with Crippen molar-refractivity contribution in [2.24, 2.45) is 0 Å². The number of nitrogens with zero attached hydrogens (tertiary/aromatic N) is 3. The summed E-state index contributed by atoms with van der Waals surface area (Å²) < 4.78 is 43.8. The molecule has 3 rings (SSSR count). The number of hydrogen-bond donors (Lipinski definition) is 0. The van der Waals surface area contributed by atoms with Gasteiger partial charge in [0.05, 0.1) is 12.8 Å². The Morgan fingerprint density at radius 3 is 2.25 bits per heavy atom. The van der Waals surface area contributed by atoms with Crippen LogP contribution >= 0.6 is 0 Å². The fraction of sp³-hybridized carbons (Fsp3) is 0.353.